The topological polar surface area (TPSA) is 60.0 Å². The highest BCUT2D eigenvalue weighted by atomic mass is 16.7. The van der Waals surface area contributed by atoms with Crippen LogP contribution in [0.15, 0.2) is 36.4 Å². The van der Waals surface area contributed by atoms with E-state index in [1.54, 1.807) is 12.5 Å². The van der Waals surface area contributed by atoms with Gasteiger partial charge in [0.05, 0.1) is 12.1 Å². The standard InChI is InChI=1S/C18H26N2O4/c1-18(2,3)24-17(21)20-10-5-4-8-14(20)15-13(7-6-9-19-15)16-22-11-12-23-16/h6-7,9,11-12,14-16,19H,4-5,8,10H2,1-3H3. The van der Waals surface area contributed by atoms with Crippen molar-refractivity contribution >= 4 is 6.09 Å². The van der Waals surface area contributed by atoms with Crippen molar-refractivity contribution in [2.45, 2.75) is 64.0 Å². The third kappa shape index (κ3) is 3.68. The number of piperidine rings is 1. The number of rotatable bonds is 2. The number of carbonyl (C=O) groups is 1. The maximum Gasteiger partial charge on any atom is 0.410 e. The highest BCUT2D eigenvalue weighted by Crippen LogP contribution is 2.30. The van der Waals surface area contributed by atoms with Crippen LogP contribution in [0.4, 0.5) is 4.79 Å². The summed E-state index contributed by atoms with van der Waals surface area (Å²) in [6, 6.07) is -0.0367. The molecule has 0 aromatic heterocycles. The molecule has 3 aliphatic heterocycles. The summed E-state index contributed by atoms with van der Waals surface area (Å²) in [4.78, 5) is 14.5. The Kier molecular flexibility index (Phi) is 4.73. The summed E-state index contributed by atoms with van der Waals surface area (Å²) in [7, 11) is 0. The highest BCUT2D eigenvalue weighted by Gasteiger charge is 2.40. The smallest absolute Gasteiger partial charge is 0.410 e. The average Bonchev–Trinajstić information content (AvgIpc) is 3.07. The van der Waals surface area contributed by atoms with Crippen LogP contribution < -0.4 is 5.32 Å². The number of allylic oxidation sites excluding steroid dienone is 2. The highest BCUT2D eigenvalue weighted by molar-refractivity contribution is 5.69. The molecule has 6 heteroatoms. The Bertz CT molecular complexity index is 554. The molecular formula is C18H26N2O4. The fourth-order valence-corrected chi connectivity index (χ4v) is 3.32. The van der Waals surface area contributed by atoms with Crippen molar-refractivity contribution < 1.29 is 19.0 Å². The Hall–Kier alpha value is -2.11. The van der Waals surface area contributed by atoms with Crippen molar-refractivity contribution in [3.63, 3.8) is 0 Å². The van der Waals surface area contributed by atoms with Gasteiger partial charge in [0.25, 0.3) is 6.29 Å². The maximum atomic E-state index is 12.7. The van der Waals surface area contributed by atoms with Crippen LogP contribution in [0.2, 0.25) is 0 Å². The van der Waals surface area contributed by atoms with Gasteiger partial charge in [0.2, 0.25) is 0 Å². The molecule has 0 radical (unpaired) electrons. The first kappa shape index (κ1) is 16.7. The first-order chi connectivity index (χ1) is 11.5. The van der Waals surface area contributed by atoms with Crippen molar-refractivity contribution in [3.8, 4) is 0 Å². The second-order valence-electron chi connectivity index (χ2n) is 7.28. The molecule has 1 amide bonds. The number of carbonyl (C=O) groups excluding carboxylic acids is 1. The predicted molar refractivity (Wildman–Crippen MR) is 89.8 cm³/mol. The second-order valence-corrected chi connectivity index (χ2v) is 7.28. The van der Waals surface area contributed by atoms with Crippen LogP contribution in [-0.2, 0) is 14.2 Å². The number of nitrogens with zero attached hydrogens (tertiary/aromatic N) is 1. The molecule has 0 aromatic carbocycles. The van der Waals surface area contributed by atoms with E-state index in [4.69, 9.17) is 14.2 Å². The van der Waals surface area contributed by atoms with Gasteiger partial charge in [0.15, 0.2) is 0 Å². The lowest BCUT2D eigenvalue weighted by Crippen LogP contribution is -2.56. The van der Waals surface area contributed by atoms with E-state index < -0.39 is 11.9 Å². The van der Waals surface area contributed by atoms with Gasteiger partial charge in [0, 0.05) is 12.1 Å². The molecule has 3 rings (SSSR count). The van der Waals surface area contributed by atoms with E-state index in [1.807, 2.05) is 44.0 Å². The summed E-state index contributed by atoms with van der Waals surface area (Å²) >= 11 is 0. The molecule has 2 unspecified atom stereocenters. The summed E-state index contributed by atoms with van der Waals surface area (Å²) in [5.74, 6) is 0. The Morgan fingerprint density at radius 1 is 1.29 bits per heavy atom. The largest absolute Gasteiger partial charge is 0.455 e. The van der Waals surface area contributed by atoms with Gasteiger partial charge in [-0.1, -0.05) is 6.08 Å². The average molecular weight is 334 g/mol. The summed E-state index contributed by atoms with van der Waals surface area (Å²) < 4.78 is 16.6. The summed E-state index contributed by atoms with van der Waals surface area (Å²) in [6.45, 7) is 6.38. The fraction of sp³-hybridized carbons (Fsp3) is 0.611. The number of dihydropyridines is 1. The molecule has 1 N–H and O–H groups in total. The summed E-state index contributed by atoms with van der Waals surface area (Å²) in [5.41, 5.74) is 0.488. The van der Waals surface area contributed by atoms with Gasteiger partial charge in [0.1, 0.15) is 18.1 Å². The van der Waals surface area contributed by atoms with Crippen molar-refractivity contribution in [3.05, 3.63) is 36.4 Å². The molecule has 0 bridgehead atoms. The lowest BCUT2D eigenvalue weighted by Gasteiger charge is -2.42. The summed E-state index contributed by atoms with van der Waals surface area (Å²) in [5, 5.41) is 3.38. The zero-order chi connectivity index (χ0) is 17.2. The van der Waals surface area contributed by atoms with Crippen molar-refractivity contribution in [2.75, 3.05) is 6.54 Å². The lowest BCUT2D eigenvalue weighted by molar-refractivity contribution is -0.0111. The molecule has 6 nitrogen and oxygen atoms in total. The van der Waals surface area contributed by atoms with Gasteiger partial charge in [-0.05, 0) is 52.3 Å². The molecule has 132 valence electrons. The second kappa shape index (κ2) is 6.79. The molecule has 0 saturated carbocycles. The molecular weight excluding hydrogens is 308 g/mol. The van der Waals surface area contributed by atoms with Gasteiger partial charge in [-0.15, -0.1) is 0 Å². The Morgan fingerprint density at radius 3 is 2.75 bits per heavy atom. The molecule has 0 aliphatic carbocycles. The Morgan fingerprint density at radius 2 is 2.04 bits per heavy atom. The van der Waals surface area contributed by atoms with Crippen molar-refractivity contribution in [1.82, 2.24) is 10.2 Å². The van der Waals surface area contributed by atoms with Gasteiger partial charge in [-0.2, -0.15) is 0 Å². The van der Waals surface area contributed by atoms with E-state index in [-0.39, 0.29) is 18.2 Å². The molecule has 3 aliphatic rings. The van der Waals surface area contributed by atoms with Crippen LogP contribution in [0.5, 0.6) is 0 Å². The molecule has 24 heavy (non-hydrogen) atoms. The first-order valence-corrected chi connectivity index (χ1v) is 8.54. The maximum absolute atomic E-state index is 12.7. The third-order valence-corrected chi connectivity index (χ3v) is 4.31. The SMILES string of the molecule is CC(C)(C)OC(=O)N1CCCCC1C1NC=CC=C1C1OC=CO1. The third-order valence-electron chi connectivity index (χ3n) is 4.31. The quantitative estimate of drug-likeness (QED) is 0.841. The van der Waals surface area contributed by atoms with E-state index in [2.05, 4.69) is 5.32 Å². The van der Waals surface area contributed by atoms with E-state index in [1.165, 1.54) is 0 Å². The lowest BCUT2D eigenvalue weighted by atomic mass is 9.89. The van der Waals surface area contributed by atoms with Crippen LogP contribution in [0.25, 0.3) is 0 Å². The van der Waals surface area contributed by atoms with Crippen molar-refractivity contribution in [2.24, 2.45) is 0 Å². The first-order valence-electron chi connectivity index (χ1n) is 8.54. The number of likely N-dealkylation sites (tertiary alicyclic amines) is 1. The Labute approximate surface area is 143 Å². The van der Waals surface area contributed by atoms with Crippen LogP contribution >= 0.6 is 0 Å². The molecule has 1 fully saturated rings. The number of amides is 1. The zero-order valence-corrected chi connectivity index (χ0v) is 14.5. The van der Waals surface area contributed by atoms with Gasteiger partial charge in [-0.25, -0.2) is 4.79 Å². The van der Waals surface area contributed by atoms with Crippen LogP contribution in [0.1, 0.15) is 40.0 Å². The molecule has 1 saturated heterocycles. The number of hydrogen-bond donors (Lipinski definition) is 1. The fourth-order valence-electron chi connectivity index (χ4n) is 3.32. The minimum atomic E-state index is -0.501. The number of nitrogens with one attached hydrogen (secondary N) is 1. The zero-order valence-electron chi connectivity index (χ0n) is 14.5. The van der Waals surface area contributed by atoms with Crippen LogP contribution in [-0.4, -0.2) is 41.5 Å². The van der Waals surface area contributed by atoms with Crippen molar-refractivity contribution in [1.29, 1.82) is 0 Å². The normalized spacial score (nSPS) is 27.1. The minimum absolute atomic E-state index is 0.0117. The van der Waals surface area contributed by atoms with Gasteiger partial charge in [-0.3, -0.25) is 0 Å². The monoisotopic (exact) mass is 334 g/mol. The van der Waals surface area contributed by atoms with Gasteiger partial charge < -0.3 is 24.4 Å². The van der Waals surface area contributed by atoms with Crippen LogP contribution in [0, 0.1) is 0 Å². The number of ether oxygens (including phenoxy) is 3. The summed E-state index contributed by atoms with van der Waals surface area (Å²) in [6.07, 6.45) is 11.2. The molecule has 3 heterocycles. The van der Waals surface area contributed by atoms with Gasteiger partial charge >= 0.3 is 6.09 Å². The Balaban J connectivity index is 1.77. The van der Waals surface area contributed by atoms with E-state index in [0.29, 0.717) is 6.54 Å². The van der Waals surface area contributed by atoms with E-state index in [9.17, 15) is 4.79 Å². The van der Waals surface area contributed by atoms with E-state index >= 15 is 0 Å². The minimum Gasteiger partial charge on any atom is -0.455 e. The molecule has 0 aromatic rings. The molecule has 0 spiro atoms. The molecule has 2 atom stereocenters. The van der Waals surface area contributed by atoms with Crippen LogP contribution in [0.3, 0.4) is 0 Å². The van der Waals surface area contributed by atoms with E-state index in [0.717, 1.165) is 24.8 Å². The number of hydrogen-bond acceptors (Lipinski definition) is 5. The predicted octanol–water partition coefficient (Wildman–Crippen LogP) is 3.03.